The van der Waals surface area contributed by atoms with Gasteiger partial charge in [-0.15, -0.1) is 0 Å². The van der Waals surface area contributed by atoms with Crippen molar-refractivity contribution in [2.45, 2.75) is 44.2 Å². The molecule has 7 heteroatoms. The first-order chi connectivity index (χ1) is 16.0. The lowest BCUT2D eigenvalue weighted by atomic mass is 9.94. The number of rotatable bonds is 6. The van der Waals surface area contributed by atoms with Crippen LogP contribution in [0.3, 0.4) is 0 Å². The van der Waals surface area contributed by atoms with E-state index in [1.807, 2.05) is 0 Å². The molecule has 5 nitrogen and oxygen atoms in total. The summed E-state index contributed by atoms with van der Waals surface area (Å²) in [6.07, 6.45) is 6.42. The molecule has 33 heavy (non-hydrogen) atoms. The highest BCUT2D eigenvalue weighted by Crippen LogP contribution is 2.31. The number of amides is 2. The van der Waals surface area contributed by atoms with Gasteiger partial charge in [0, 0.05) is 17.9 Å². The average molecular weight is 450 g/mol. The largest absolute Gasteiger partial charge is 0.351 e. The topological polar surface area (TPSA) is 62.3 Å². The van der Waals surface area contributed by atoms with Gasteiger partial charge in [-0.3, -0.25) is 19.5 Å². The van der Waals surface area contributed by atoms with E-state index in [9.17, 15) is 18.4 Å². The standard InChI is InChI=1S/C26H25F2N3O2/c27-19-11-9-18(10-12-19)24(25(32)30-21-6-2-1-3-7-21)31(22-15-13-20(28)14-16-22)26(33)23-8-4-5-17-29-23/h4-5,8-17,21,24H,1-3,6-7H2,(H,30,32)/t24-/m0/s1. The Bertz CT molecular complexity index is 1080. The molecule has 0 saturated heterocycles. The molecule has 4 rings (SSSR count). The first-order valence-electron chi connectivity index (χ1n) is 11.1. The molecule has 0 radical (unpaired) electrons. The number of carbonyl (C=O) groups excluding carboxylic acids is 2. The van der Waals surface area contributed by atoms with E-state index in [4.69, 9.17) is 0 Å². The van der Waals surface area contributed by atoms with Crippen LogP contribution in [0.15, 0.2) is 72.9 Å². The van der Waals surface area contributed by atoms with Gasteiger partial charge in [0.15, 0.2) is 0 Å². The number of nitrogens with zero attached hydrogens (tertiary/aromatic N) is 2. The number of halogens is 2. The van der Waals surface area contributed by atoms with Crippen LogP contribution in [-0.2, 0) is 4.79 Å². The van der Waals surface area contributed by atoms with Gasteiger partial charge in [-0.25, -0.2) is 8.78 Å². The zero-order chi connectivity index (χ0) is 23.2. The summed E-state index contributed by atoms with van der Waals surface area (Å²) in [5.41, 5.74) is 0.915. The van der Waals surface area contributed by atoms with Crippen molar-refractivity contribution < 1.29 is 18.4 Å². The van der Waals surface area contributed by atoms with Crippen molar-refractivity contribution in [3.63, 3.8) is 0 Å². The second kappa shape index (κ2) is 10.3. The summed E-state index contributed by atoms with van der Waals surface area (Å²) in [5, 5.41) is 3.08. The van der Waals surface area contributed by atoms with Crippen LogP contribution in [0.4, 0.5) is 14.5 Å². The second-order valence-electron chi connectivity index (χ2n) is 8.16. The van der Waals surface area contributed by atoms with Crippen LogP contribution < -0.4 is 10.2 Å². The van der Waals surface area contributed by atoms with Crippen LogP contribution in [0, 0.1) is 11.6 Å². The smallest absolute Gasteiger partial charge is 0.277 e. The molecule has 1 aliphatic carbocycles. The minimum Gasteiger partial charge on any atom is -0.351 e. The Hall–Kier alpha value is -3.61. The Morgan fingerprint density at radius 3 is 2.12 bits per heavy atom. The Morgan fingerprint density at radius 2 is 1.52 bits per heavy atom. The van der Waals surface area contributed by atoms with E-state index in [1.165, 1.54) is 59.6 Å². The molecule has 0 aliphatic heterocycles. The molecule has 1 N–H and O–H groups in total. The number of hydrogen-bond acceptors (Lipinski definition) is 3. The van der Waals surface area contributed by atoms with E-state index >= 15 is 0 Å². The summed E-state index contributed by atoms with van der Waals surface area (Å²) >= 11 is 0. The van der Waals surface area contributed by atoms with Crippen molar-refractivity contribution in [3.05, 3.63) is 95.8 Å². The number of anilines is 1. The lowest BCUT2D eigenvalue weighted by Gasteiger charge is -2.33. The molecule has 0 spiro atoms. The maximum atomic E-state index is 13.7. The molecule has 0 bridgehead atoms. The fraction of sp³-hybridized carbons (Fsp3) is 0.269. The van der Waals surface area contributed by atoms with Crippen LogP contribution in [0.5, 0.6) is 0 Å². The molecule has 1 fully saturated rings. The highest BCUT2D eigenvalue weighted by atomic mass is 19.1. The Balaban J connectivity index is 1.79. The van der Waals surface area contributed by atoms with Gasteiger partial charge in [-0.2, -0.15) is 0 Å². The van der Waals surface area contributed by atoms with E-state index in [1.54, 1.807) is 18.2 Å². The molecule has 1 atom stereocenters. The molecule has 1 aromatic heterocycles. The van der Waals surface area contributed by atoms with Crippen LogP contribution >= 0.6 is 0 Å². The summed E-state index contributed by atoms with van der Waals surface area (Å²) < 4.78 is 27.4. The molecular weight excluding hydrogens is 424 g/mol. The lowest BCUT2D eigenvalue weighted by Crippen LogP contribution is -2.47. The van der Waals surface area contributed by atoms with E-state index in [0.29, 0.717) is 11.3 Å². The normalized spacial score (nSPS) is 15.0. The van der Waals surface area contributed by atoms with Gasteiger partial charge in [0.05, 0.1) is 0 Å². The maximum absolute atomic E-state index is 13.7. The monoisotopic (exact) mass is 449 g/mol. The minimum atomic E-state index is -1.09. The molecule has 3 aromatic rings. The SMILES string of the molecule is O=C(NC1CCCCC1)[C@H](c1ccc(F)cc1)N(C(=O)c1ccccn1)c1ccc(F)cc1. The molecule has 2 amide bonds. The number of carbonyl (C=O) groups is 2. The quantitative estimate of drug-likeness (QED) is 0.563. The van der Waals surface area contributed by atoms with Crippen molar-refractivity contribution in [3.8, 4) is 0 Å². The number of hydrogen-bond donors (Lipinski definition) is 1. The first kappa shape index (κ1) is 22.6. The van der Waals surface area contributed by atoms with Gasteiger partial charge in [-0.05, 0) is 66.9 Å². The number of pyridine rings is 1. The third-order valence-electron chi connectivity index (χ3n) is 5.85. The molecule has 2 aromatic carbocycles. The van der Waals surface area contributed by atoms with Crippen LogP contribution in [0.2, 0.25) is 0 Å². The summed E-state index contributed by atoms with van der Waals surface area (Å²) in [5.74, 6) is -1.80. The van der Waals surface area contributed by atoms with Crippen molar-refractivity contribution in [1.82, 2.24) is 10.3 Å². The Kier molecular flexibility index (Phi) is 7.07. The van der Waals surface area contributed by atoms with Gasteiger partial charge < -0.3 is 5.32 Å². The van der Waals surface area contributed by atoms with Crippen LogP contribution in [0.25, 0.3) is 0 Å². The van der Waals surface area contributed by atoms with Gasteiger partial charge in [0.25, 0.3) is 5.91 Å². The Morgan fingerprint density at radius 1 is 0.879 bits per heavy atom. The predicted molar refractivity (Wildman–Crippen MR) is 122 cm³/mol. The predicted octanol–water partition coefficient (Wildman–Crippen LogP) is 5.20. The summed E-state index contributed by atoms with van der Waals surface area (Å²) in [7, 11) is 0. The van der Waals surface area contributed by atoms with Gasteiger partial charge in [0.2, 0.25) is 5.91 Å². The Labute approximate surface area is 191 Å². The summed E-state index contributed by atoms with van der Waals surface area (Å²) in [6.45, 7) is 0. The fourth-order valence-electron chi connectivity index (χ4n) is 4.19. The zero-order valence-corrected chi connectivity index (χ0v) is 18.1. The molecule has 170 valence electrons. The maximum Gasteiger partial charge on any atom is 0.277 e. The third-order valence-corrected chi connectivity index (χ3v) is 5.85. The van der Waals surface area contributed by atoms with E-state index in [-0.39, 0.29) is 17.6 Å². The van der Waals surface area contributed by atoms with Gasteiger partial charge in [0.1, 0.15) is 23.4 Å². The molecule has 1 saturated carbocycles. The summed E-state index contributed by atoms with van der Waals surface area (Å²) in [6, 6.07) is 14.7. The molecule has 1 aliphatic rings. The fourth-order valence-corrected chi connectivity index (χ4v) is 4.19. The van der Waals surface area contributed by atoms with Gasteiger partial charge in [-0.1, -0.05) is 37.5 Å². The van der Waals surface area contributed by atoms with Crippen molar-refractivity contribution >= 4 is 17.5 Å². The van der Waals surface area contributed by atoms with Crippen LogP contribution in [0.1, 0.15) is 54.2 Å². The third kappa shape index (κ3) is 5.42. The number of benzene rings is 2. The molecule has 1 heterocycles. The molecular formula is C26H25F2N3O2. The minimum absolute atomic E-state index is 0.00854. The summed E-state index contributed by atoms with van der Waals surface area (Å²) in [4.78, 5) is 32.7. The second-order valence-corrected chi connectivity index (χ2v) is 8.16. The van der Waals surface area contributed by atoms with Crippen molar-refractivity contribution in [2.75, 3.05) is 4.90 Å². The molecule has 0 unspecified atom stereocenters. The highest BCUT2D eigenvalue weighted by molar-refractivity contribution is 6.09. The van der Waals surface area contributed by atoms with E-state index in [0.717, 1.165) is 32.1 Å². The van der Waals surface area contributed by atoms with E-state index < -0.39 is 23.6 Å². The van der Waals surface area contributed by atoms with Crippen molar-refractivity contribution in [2.24, 2.45) is 0 Å². The highest BCUT2D eigenvalue weighted by Gasteiger charge is 2.35. The van der Waals surface area contributed by atoms with Crippen molar-refractivity contribution in [1.29, 1.82) is 0 Å². The van der Waals surface area contributed by atoms with Gasteiger partial charge >= 0.3 is 0 Å². The average Bonchev–Trinajstić information content (AvgIpc) is 2.85. The van der Waals surface area contributed by atoms with E-state index in [2.05, 4.69) is 10.3 Å². The lowest BCUT2D eigenvalue weighted by molar-refractivity contribution is -0.123. The first-order valence-corrected chi connectivity index (χ1v) is 11.1. The number of aromatic nitrogens is 1. The number of nitrogens with one attached hydrogen (secondary N) is 1. The zero-order valence-electron chi connectivity index (χ0n) is 18.1. The van der Waals surface area contributed by atoms with Crippen LogP contribution in [-0.4, -0.2) is 22.8 Å².